The van der Waals surface area contributed by atoms with Gasteiger partial charge in [0.25, 0.3) is 0 Å². The maximum absolute atomic E-state index is 5.95. The summed E-state index contributed by atoms with van der Waals surface area (Å²) in [6.45, 7) is 10.2. The van der Waals surface area contributed by atoms with Gasteiger partial charge in [-0.25, -0.2) is 0 Å². The molecule has 2 nitrogen and oxygen atoms in total. The highest BCUT2D eigenvalue weighted by molar-refractivity contribution is 5.07. The van der Waals surface area contributed by atoms with Crippen LogP contribution in [0.3, 0.4) is 0 Å². The summed E-state index contributed by atoms with van der Waals surface area (Å²) in [6.07, 6.45) is 6.26. The second kappa shape index (κ2) is 4.49. The van der Waals surface area contributed by atoms with E-state index >= 15 is 0 Å². The van der Waals surface area contributed by atoms with Gasteiger partial charge in [-0.05, 0) is 63.2 Å². The number of fused-ring (bicyclic) bond motifs is 1. The molecule has 1 aliphatic carbocycles. The summed E-state index contributed by atoms with van der Waals surface area (Å²) in [7, 11) is 0. The Kier molecular flexibility index (Phi) is 3.22. The molecular weight excluding hydrogens is 224 g/mol. The van der Waals surface area contributed by atoms with E-state index in [0.717, 1.165) is 30.3 Å². The van der Waals surface area contributed by atoms with Crippen molar-refractivity contribution in [3.8, 4) is 0 Å². The Bertz CT molecular complexity index is 301. The average Bonchev–Trinajstić information content (AvgIpc) is 3.00. The number of hydrogen-bond donors (Lipinski definition) is 0. The summed E-state index contributed by atoms with van der Waals surface area (Å²) in [6, 6.07) is 0. The van der Waals surface area contributed by atoms with E-state index in [9.17, 15) is 0 Å². The third-order valence-electron chi connectivity index (χ3n) is 5.47. The minimum absolute atomic E-state index is 0.224. The molecule has 18 heavy (non-hydrogen) atoms. The van der Waals surface area contributed by atoms with E-state index in [1.54, 1.807) is 0 Å². The molecule has 0 aromatic rings. The van der Waals surface area contributed by atoms with Gasteiger partial charge in [-0.2, -0.15) is 0 Å². The van der Waals surface area contributed by atoms with Crippen LogP contribution in [0.25, 0.3) is 0 Å². The molecule has 2 heterocycles. The normalized spacial score (nSPS) is 56.7. The van der Waals surface area contributed by atoms with Crippen molar-refractivity contribution in [3.63, 3.8) is 0 Å². The number of hydrogen-bond acceptors (Lipinski definition) is 2. The molecule has 0 amide bonds. The summed E-state index contributed by atoms with van der Waals surface area (Å²) in [5, 5.41) is 0. The van der Waals surface area contributed by atoms with Gasteiger partial charge in [0.05, 0.1) is 17.8 Å². The Hall–Kier alpha value is -0.0800. The van der Waals surface area contributed by atoms with Gasteiger partial charge >= 0.3 is 0 Å². The molecule has 2 heteroatoms. The number of epoxide rings is 1. The first kappa shape index (κ1) is 12.9. The van der Waals surface area contributed by atoms with Crippen LogP contribution in [-0.2, 0) is 9.47 Å². The number of ether oxygens (including phenoxy) is 2. The molecule has 2 aliphatic heterocycles. The van der Waals surface area contributed by atoms with Crippen LogP contribution in [0.5, 0.6) is 0 Å². The maximum Gasteiger partial charge on any atom is 0.0926 e. The van der Waals surface area contributed by atoms with Crippen molar-refractivity contribution in [1.82, 2.24) is 0 Å². The highest BCUT2D eigenvalue weighted by atomic mass is 16.6. The molecule has 7 unspecified atom stereocenters. The van der Waals surface area contributed by atoms with E-state index in [1.165, 1.54) is 25.7 Å². The molecule has 3 fully saturated rings. The minimum atomic E-state index is 0.224. The summed E-state index contributed by atoms with van der Waals surface area (Å²) in [5.41, 5.74) is 0.224. The van der Waals surface area contributed by atoms with E-state index < -0.39 is 0 Å². The lowest BCUT2D eigenvalue weighted by Gasteiger charge is -2.34. The topological polar surface area (TPSA) is 21.8 Å². The van der Waals surface area contributed by atoms with Crippen LogP contribution < -0.4 is 0 Å². The van der Waals surface area contributed by atoms with Gasteiger partial charge in [-0.3, -0.25) is 0 Å². The first-order chi connectivity index (χ1) is 8.48. The molecule has 104 valence electrons. The number of rotatable bonds is 1. The lowest BCUT2D eigenvalue weighted by Crippen LogP contribution is -2.33. The van der Waals surface area contributed by atoms with Crippen LogP contribution in [0.1, 0.15) is 53.4 Å². The zero-order valence-electron chi connectivity index (χ0n) is 12.3. The average molecular weight is 252 g/mol. The predicted molar refractivity (Wildman–Crippen MR) is 72.5 cm³/mol. The molecule has 0 aromatic heterocycles. The van der Waals surface area contributed by atoms with Crippen LogP contribution in [0.4, 0.5) is 0 Å². The van der Waals surface area contributed by atoms with Crippen LogP contribution in [0, 0.1) is 23.7 Å². The standard InChI is InChI=1S/C16H28O2/c1-10-5-13(7-12(3)17-9-10)14-6-11(2)15-16(4,8-14)18-15/h10-15H,5-9H2,1-4H3. The van der Waals surface area contributed by atoms with E-state index in [2.05, 4.69) is 27.7 Å². The van der Waals surface area contributed by atoms with Crippen molar-refractivity contribution in [1.29, 1.82) is 0 Å². The smallest absolute Gasteiger partial charge is 0.0926 e. The van der Waals surface area contributed by atoms with Crippen molar-refractivity contribution in [2.45, 2.75) is 71.2 Å². The van der Waals surface area contributed by atoms with Crippen molar-refractivity contribution in [3.05, 3.63) is 0 Å². The zero-order chi connectivity index (χ0) is 12.9. The van der Waals surface area contributed by atoms with E-state index in [-0.39, 0.29) is 5.60 Å². The summed E-state index contributed by atoms with van der Waals surface area (Å²) >= 11 is 0. The summed E-state index contributed by atoms with van der Waals surface area (Å²) in [5.74, 6) is 3.18. The molecule has 3 aliphatic rings. The fourth-order valence-corrected chi connectivity index (χ4v) is 4.59. The lowest BCUT2D eigenvalue weighted by atomic mass is 9.68. The van der Waals surface area contributed by atoms with E-state index in [0.29, 0.717) is 12.2 Å². The van der Waals surface area contributed by atoms with Crippen LogP contribution in [0.2, 0.25) is 0 Å². The SMILES string of the molecule is CC1COC(C)CC(C2CC(C)C3OC3(C)C2)C1. The fraction of sp³-hybridized carbons (Fsp3) is 1.00. The Morgan fingerprint density at radius 1 is 1.00 bits per heavy atom. The minimum Gasteiger partial charge on any atom is -0.378 e. The Balaban J connectivity index is 1.69. The first-order valence-corrected chi connectivity index (χ1v) is 7.77. The van der Waals surface area contributed by atoms with Crippen molar-refractivity contribution < 1.29 is 9.47 Å². The molecule has 1 saturated carbocycles. The molecule has 0 radical (unpaired) electrons. The first-order valence-electron chi connectivity index (χ1n) is 7.77. The maximum atomic E-state index is 5.95. The lowest BCUT2D eigenvalue weighted by molar-refractivity contribution is 0.0498. The molecule has 0 N–H and O–H groups in total. The van der Waals surface area contributed by atoms with Gasteiger partial charge in [0, 0.05) is 6.61 Å². The molecule has 0 spiro atoms. The van der Waals surface area contributed by atoms with Crippen LogP contribution in [0.15, 0.2) is 0 Å². The van der Waals surface area contributed by atoms with Gasteiger partial charge in [0.15, 0.2) is 0 Å². The predicted octanol–water partition coefficient (Wildman–Crippen LogP) is 3.64. The Morgan fingerprint density at radius 3 is 2.50 bits per heavy atom. The summed E-state index contributed by atoms with van der Waals surface area (Å²) in [4.78, 5) is 0. The van der Waals surface area contributed by atoms with Crippen molar-refractivity contribution in [2.24, 2.45) is 23.7 Å². The third-order valence-corrected chi connectivity index (χ3v) is 5.47. The van der Waals surface area contributed by atoms with Crippen molar-refractivity contribution in [2.75, 3.05) is 6.61 Å². The highest BCUT2D eigenvalue weighted by Gasteiger charge is 2.59. The van der Waals surface area contributed by atoms with Crippen LogP contribution >= 0.6 is 0 Å². The molecule has 0 bridgehead atoms. The Morgan fingerprint density at radius 2 is 1.78 bits per heavy atom. The van der Waals surface area contributed by atoms with Gasteiger partial charge < -0.3 is 9.47 Å². The quantitative estimate of drug-likeness (QED) is 0.665. The van der Waals surface area contributed by atoms with Crippen molar-refractivity contribution >= 4 is 0 Å². The molecule has 2 saturated heterocycles. The van der Waals surface area contributed by atoms with Gasteiger partial charge in [0.2, 0.25) is 0 Å². The third kappa shape index (κ3) is 2.34. The van der Waals surface area contributed by atoms with Gasteiger partial charge in [-0.1, -0.05) is 13.8 Å². The van der Waals surface area contributed by atoms with Crippen LogP contribution in [-0.4, -0.2) is 24.4 Å². The molecule has 7 atom stereocenters. The largest absolute Gasteiger partial charge is 0.378 e. The molecule has 3 rings (SSSR count). The zero-order valence-corrected chi connectivity index (χ0v) is 12.3. The fourth-order valence-electron chi connectivity index (χ4n) is 4.59. The monoisotopic (exact) mass is 252 g/mol. The Labute approximate surface area is 111 Å². The van der Waals surface area contributed by atoms with Gasteiger partial charge in [-0.15, -0.1) is 0 Å². The van der Waals surface area contributed by atoms with Gasteiger partial charge in [0.1, 0.15) is 0 Å². The van der Waals surface area contributed by atoms with E-state index in [1.807, 2.05) is 0 Å². The second-order valence-electron chi connectivity index (χ2n) is 7.51. The summed E-state index contributed by atoms with van der Waals surface area (Å²) < 4.78 is 11.8. The second-order valence-corrected chi connectivity index (χ2v) is 7.51. The molecular formula is C16H28O2. The highest BCUT2D eigenvalue weighted by Crippen LogP contribution is 2.54. The molecule has 0 aromatic carbocycles. The van der Waals surface area contributed by atoms with E-state index in [4.69, 9.17) is 9.47 Å².